The number of nitrogens with two attached hydrogens (primary N) is 1. The Morgan fingerprint density at radius 3 is 2.65 bits per heavy atom. The van der Waals surface area contributed by atoms with Crippen LogP contribution in [0.1, 0.15) is 24.9 Å². The molecule has 1 aromatic heterocycles. The number of aromatic nitrogens is 1. The molecule has 0 saturated heterocycles. The van der Waals surface area contributed by atoms with Crippen LogP contribution in [0.2, 0.25) is 0 Å². The number of hydrogen-bond acceptors (Lipinski definition) is 1. The van der Waals surface area contributed by atoms with Crippen molar-refractivity contribution in [3.05, 3.63) is 60.7 Å². The molecule has 2 heteroatoms. The molecule has 2 nitrogen and oxygen atoms in total. The Labute approximate surface area is 119 Å². The fraction of sp³-hybridized carbons (Fsp3) is 0.222. The van der Waals surface area contributed by atoms with E-state index in [4.69, 9.17) is 5.73 Å². The molecule has 0 amide bonds. The van der Waals surface area contributed by atoms with Crippen LogP contribution in [0.15, 0.2) is 55.1 Å². The SMILES string of the molecule is C=CC[C@H](N)c1ccc2c(c1)c1ccccc1n2CC. The lowest BCUT2D eigenvalue weighted by Gasteiger charge is -2.10. The summed E-state index contributed by atoms with van der Waals surface area (Å²) in [4.78, 5) is 0. The monoisotopic (exact) mass is 264 g/mol. The van der Waals surface area contributed by atoms with Gasteiger partial charge in [-0.25, -0.2) is 0 Å². The van der Waals surface area contributed by atoms with E-state index in [0.29, 0.717) is 0 Å². The van der Waals surface area contributed by atoms with Gasteiger partial charge >= 0.3 is 0 Å². The highest BCUT2D eigenvalue weighted by Crippen LogP contribution is 2.31. The fourth-order valence-electron chi connectivity index (χ4n) is 2.96. The highest BCUT2D eigenvalue weighted by Gasteiger charge is 2.11. The topological polar surface area (TPSA) is 30.9 Å². The van der Waals surface area contributed by atoms with Gasteiger partial charge in [-0.15, -0.1) is 6.58 Å². The molecule has 3 rings (SSSR count). The molecule has 0 aliphatic carbocycles. The molecule has 3 aromatic rings. The first-order valence-corrected chi connectivity index (χ1v) is 7.13. The smallest absolute Gasteiger partial charge is 0.0491 e. The zero-order valence-electron chi connectivity index (χ0n) is 11.8. The van der Waals surface area contributed by atoms with Crippen molar-refractivity contribution >= 4 is 21.8 Å². The van der Waals surface area contributed by atoms with E-state index in [1.54, 1.807) is 0 Å². The number of hydrogen-bond donors (Lipinski definition) is 1. The Morgan fingerprint density at radius 2 is 1.90 bits per heavy atom. The standard InChI is InChI=1S/C18H20N2/c1-3-7-16(19)13-10-11-18-15(12-13)14-8-5-6-9-17(14)20(18)4-2/h3,5-6,8-12,16H,1,4,7,19H2,2H3/t16-/m0/s1. The van der Waals surface area contributed by atoms with E-state index >= 15 is 0 Å². The maximum absolute atomic E-state index is 6.20. The minimum absolute atomic E-state index is 0.0284. The number of para-hydroxylation sites is 1. The van der Waals surface area contributed by atoms with Crippen LogP contribution in [0, 0.1) is 0 Å². The highest BCUT2D eigenvalue weighted by atomic mass is 15.0. The second kappa shape index (κ2) is 5.14. The van der Waals surface area contributed by atoms with Gasteiger partial charge in [-0.2, -0.15) is 0 Å². The second-order valence-electron chi connectivity index (χ2n) is 5.17. The van der Waals surface area contributed by atoms with E-state index < -0.39 is 0 Å². The number of nitrogens with zero attached hydrogens (tertiary/aromatic N) is 1. The molecule has 20 heavy (non-hydrogen) atoms. The predicted octanol–water partition coefficient (Wildman–Crippen LogP) is 4.39. The minimum Gasteiger partial charge on any atom is -0.341 e. The van der Waals surface area contributed by atoms with Crippen LogP contribution in [-0.2, 0) is 6.54 Å². The van der Waals surface area contributed by atoms with Gasteiger partial charge in [0.25, 0.3) is 0 Å². The van der Waals surface area contributed by atoms with Crippen molar-refractivity contribution in [2.45, 2.75) is 25.9 Å². The van der Waals surface area contributed by atoms with Gasteiger partial charge in [0.2, 0.25) is 0 Å². The number of aryl methyl sites for hydroxylation is 1. The molecule has 0 radical (unpaired) electrons. The fourth-order valence-corrected chi connectivity index (χ4v) is 2.96. The zero-order valence-corrected chi connectivity index (χ0v) is 11.8. The maximum Gasteiger partial charge on any atom is 0.0491 e. The largest absolute Gasteiger partial charge is 0.341 e. The van der Waals surface area contributed by atoms with Gasteiger partial charge in [0.15, 0.2) is 0 Å². The first kappa shape index (κ1) is 12.9. The molecule has 2 N–H and O–H groups in total. The number of fused-ring (bicyclic) bond motifs is 3. The van der Waals surface area contributed by atoms with Crippen molar-refractivity contribution in [3.8, 4) is 0 Å². The van der Waals surface area contributed by atoms with Gasteiger partial charge in [0, 0.05) is 34.4 Å². The molecule has 0 saturated carbocycles. The highest BCUT2D eigenvalue weighted by molar-refractivity contribution is 6.08. The van der Waals surface area contributed by atoms with Gasteiger partial charge in [0.05, 0.1) is 0 Å². The first-order chi connectivity index (χ1) is 9.76. The van der Waals surface area contributed by atoms with E-state index in [1.165, 1.54) is 27.4 Å². The summed E-state index contributed by atoms with van der Waals surface area (Å²) in [7, 11) is 0. The van der Waals surface area contributed by atoms with Crippen LogP contribution in [0.5, 0.6) is 0 Å². The molecular weight excluding hydrogens is 244 g/mol. The third-order valence-electron chi connectivity index (χ3n) is 3.96. The Kier molecular flexibility index (Phi) is 3.33. The normalized spacial score (nSPS) is 12.9. The van der Waals surface area contributed by atoms with Crippen molar-refractivity contribution in [2.75, 3.05) is 0 Å². The average Bonchev–Trinajstić information content (AvgIpc) is 2.80. The molecule has 0 aliphatic heterocycles. The lowest BCUT2D eigenvalue weighted by molar-refractivity contribution is 0.742. The van der Waals surface area contributed by atoms with E-state index in [1.807, 2.05) is 6.08 Å². The van der Waals surface area contributed by atoms with Crippen molar-refractivity contribution in [1.29, 1.82) is 0 Å². The second-order valence-corrected chi connectivity index (χ2v) is 5.17. The Balaban J connectivity index is 2.28. The molecule has 0 bridgehead atoms. The van der Waals surface area contributed by atoms with Crippen molar-refractivity contribution in [2.24, 2.45) is 5.73 Å². The molecule has 1 heterocycles. The van der Waals surface area contributed by atoms with Gasteiger partial charge in [0.1, 0.15) is 0 Å². The number of benzene rings is 2. The van der Waals surface area contributed by atoms with Crippen LogP contribution in [0.25, 0.3) is 21.8 Å². The van der Waals surface area contributed by atoms with Crippen LogP contribution in [0.3, 0.4) is 0 Å². The summed E-state index contributed by atoms with van der Waals surface area (Å²) in [6, 6.07) is 15.2. The first-order valence-electron chi connectivity index (χ1n) is 7.13. The lowest BCUT2D eigenvalue weighted by Crippen LogP contribution is -2.08. The molecule has 1 atom stereocenters. The van der Waals surface area contributed by atoms with E-state index in [2.05, 4.69) is 60.5 Å². The molecule has 0 aliphatic rings. The Morgan fingerprint density at radius 1 is 1.15 bits per heavy atom. The van der Waals surface area contributed by atoms with E-state index in [-0.39, 0.29) is 6.04 Å². The molecular formula is C18H20N2. The van der Waals surface area contributed by atoms with Crippen molar-refractivity contribution in [1.82, 2.24) is 4.57 Å². The Hall–Kier alpha value is -2.06. The lowest BCUT2D eigenvalue weighted by atomic mass is 10.0. The van der Waals surface area contributed by atoms with Crippen LogP contribution < -0.4 is 5.73 Å². The van der Waals surface area contributed by atoms with Crippen LogP contribution >= 0.6 is 0 Å². The van der Waals surface area contributed by atoms with Gasteiger partial charge < -0.3 is 10.3 Å². The van der Waals surface area contributed by atoms with Gasteiger partial charge in [-0.3, -0.25) is 0 Å². The molecule has 0 fully saturated rings. The zero-order chi connectivity index (χ0) is 14.1. The van der Waals surface area contributed by atoms with Crippen molar-refractivity contribution in [3.63, 3.8) is 0 Å². The summed E-state index contributed by atoms with van der Waals surface area (Å²) in [6.45, 7) is 6.93. The molecule has 0 unspecified atom stereocenters. The van der Waals surface area contributed by atoms with E-state index in [0.717, 1.165) is 13.0 Å². The molecule has 102 valence electrons. The summed E-state index contributed by atoms with van der Waals surface area (Å²) in [5.74, 6) is 0. The van der Waals surface area contributed by atoms with Gasteiger partial charge in [-0.05, 0) is 37.1 Å². The number of rotatable bonds is 4. The van der Waals surface area contributed by atoms with Crippen LogP contribution in [0.4, 0.5) is 0 Å². The molecule has 2 aromatic carbocycles. The quantitative estimate of drug-likeness (QED) is 0.696. The van der Waals surface area contributed by atoms with Crippen molar-refractivity contribution < 1.29 is 0 Å². The van der Waals surface area contributed by atoms with Gasteiger partial charge in [-0.1, -0.05) is 30.3 Å². The van der Waals surface area contributed by atoms with Crippen LogP contribution in [-0.4, -0.2) is 4.57 Å². The molecule has 0 spiro atoms. The predicted molar refractivity (Wildman–Crippen MR) is 86.9 cm³/mol. The third-order valence-corrected chi connectivity index (χ3v) is 3.96. The van der Waals surface area contributed by atoms with E-state index in [9.17, 15) is 0 Å². The third kappa shape index (κ3) is 1.93. The Bertz CT molecular complexity index is 768. The summed E-state index contributed by atoms with van der Waals surface area (Å²) in [5.41, 5.74) is 9.95. The average molecular weight is 264 g/mol. The minimum atomic E-state index is 0.0284. The summed E-state index contributed by atoms with van der Waals surface area (Å²) < 4.78 is 2.35. The summed E-state index contributed by atoms with van der Waals surface area (Å²) in [5, 5.41) is 2.59. The summed E-state index contributed by atoms with van der Waals surface area (Å²) in [6.07, 6.45) is 2.68. The summed E-state index contributed by atoms with van der Waals surface area (Å²) >= 11 is 0. The maximum atomic E-state index is 6.20.